The molecule has 2 heterocycles. The van der Waals surface area contributed by atoms with Crippen LogP contribution in [0.15, 0.2) is 47.4 Å². The summed E-state index contributed by atoms with van der Waals surface area (Å²) in [5, 5.41) is 2.83. The number of carbonyl (C=O) groups is 1. The van der Waals surface area contributed by atoms with Crippen molar-refractivity contribution < 1.29 is 22.7 Å². The zero-order valence-electron chi connectivity index (χ0n) is 17.8. The summed E-state index contributed by atoms with van der Waals surface area (Å²) in [4.78, 5) is 12.6. The third-order valence-electron chi connectivity index (χ3n) is 5.69. The van der Waals surface area contributed by atoms with Gasteiger partial charge in [0, 0.05) is 25.2 Å². The molecule has 0 spiro atoms. The molecule has 1 N–H and O–H groups in total. The number of fused-ring (bicyclic) bond motifs is 1. The molecule has 2 atom stereocenters. The maximum atomic E-state index is 13.0. The van der Waals surface area contributed by atoms with Crippen molar-refractivity contribution in [1.29, 1.82) is 0 Å². The van der Waals surface area contributed by atoms with E-state index in [9.17, 15) is 13.2 Å². The highest BCUT2D eigenvalue weighted by Crippen LogP contribution is 2.33. The van der Waals surface area contributed by atoms with Gasteiger partial charge in [-0.25, -0.2) is 8.42 Å². The van der Waals surface area contributed by atoms with Gasteiger partial charge in [0.2, 0.25) is 22.7 Å². The quantitative estimate of drug-likeness (QED) is 0.735. The molecule has 2 aromatic carbocycles. The second-order valence-corrected chi connectivity index (χ2v) is 10.5. The number of hydrogen-bond acceptors (Lipinski definition) is 5. The topological polar surface area (TPSA) is 84.9 Å². The first-order valence-corrected chi connectivity index (χ1v) is 12.0. The predicted octanol–water partition coefficient (Wildman–Crippen LogP) is 3.65. The highest BCUT2D eigenvalue weighted by molar-refractivity contribution is 7.89. The van der Waals surface area contributed by atoms with E-state index < -0.39 is 10.0 Å². The lowest BCUT2D eigenvalue weighted by molar-refractivity contribution is -0.116. The summed E-state index contributed by atoms with van der Waals surface area (Å²) in [5.74, 6) is 1.99. The number of ether oxygens (including phenoxy) is 2. The monoisotopic (exact) mass is 444 g/mol. The Morgan fingerprint density at radius 2 is 1.71 bits per heavy atom. The number of aryl methyl sites for hydroxylation is 1. The molecule has 2 aromatic rings. The van der Waals surface area contributed by atoms with E-state index in [2.05, 4.69) is 19.2 Å². The Kier molecular flexibility index (Phi) is 6.20. The average molecular weight is 445 g/mol. The van der Waals surface area contributed by atoms with Gasteiger partial charge in [0.1, 0.15) is 0 Å². The number of anilines is 1. The van der Waals surface area contributed by atoms with Gasteiger partial charge in [-0.3, -0.25) is 4.79 Å². The van der Waals surface area contributed by atoms with Crippen LogP contribution in [0, 0.1) is 11.8 Å². The first kappa shape index (κ1) is 21.6. The van der Waals surface area contributed by atoms with Gasteiger partial charge in [-0.1, -0.05) is 19.9 Å². The number of nitrogens with one attached hydrogen (secondary N) is 1. The van der Waals surface area contributed by atoms with E-state index in [0.29, 0.717) is 49.2 Å². The van der Waals surface area contributed by atoms with Crippen LogP contribution < -0.4 is 14.8 Å². The molecular formula is C23H28N2O5S. The van der Waals surface area contributed by atoms with E-state index in [1.165, 1.54) is 0 Å². The van der Waals surface area contributed by atoms with Gasteiger partial charge in [0.15, 0.2) is 11.5 Å². The summed E-state index contributed by atoms with van der Waals surface area (Å²) in [6, 6.07) is 12.1. The lowest BCUT2D eigenvalue weighted by Gasteiger charge is -2.34. The van der Waals surface area contributed by atoms with Crippen LogP contribution in [0.4, 0.5) is 5.69 Å². The second kappa shape index (κ2) is 8.88. The van der Waals surface area contributed by atoms with Crippen molar-refractivity contribution in [1.82, 2.24) is 4.31 Å². The zero-order valence-corrected chi connectivity index (χ0v) is 18.7. The summed E-state index contributed by atoms with van der Waals surface area (Å²) in [6.45, 7) is 5.48. The highest BCUT2D eigenvalue weighted by atomic mass is 32.2. The molecule has 2 aliphatic rings. The molecule has 7 nitrogen and oxygen atoms in total. The van der Waals surface area contributed by atoms with Crippen LogP contribution in [0.5, 0.6) is 11.5 Å². The Morgan fingerprint density at radius 3 is 2.42 bits per heavy atom. The number of amides is 1. The summed E-state index contributed by atoms with van der Waals surface area (Å²) in [7, 11) is -3.53. The van der Waals surface area contributed by atoms with E-state index in [1.54, 1.807) is 28.6 Å². The summed E-state index contributed by atoms with van der Waals surface area (Å²) in [5.41, 5.74) is 1.57. The zero-order chi connectivity index (χ0) is 22.0. The van der Waals surface area contributed by atoms with E-state index in [4.69, 9.17) is 9.47 Å². The standard InChI is InChI=1S/C23H28N2O5S/c1-16-11-17(2)14-25(13-16)31(27,28)20-7-5-19(6-8-20)24-23(26)10-4-18-3-9-21-22(12-18)30-15-29-21/h3,5-9,12,16-17H,4,10-11,13-15H2,1-2H3,(H,24,26). The van der Waals surface area contributed by atoms with Crippen LogP contribution in [-0.4, -0.2) is 38.5 Å². The van der Waals surface area contributed by atoms with Crippen molar-refractivity contribution in [3.63, 3.8) is 0 Å². The lowest BCUT2D eigenvalue weighted by Crippen LogP contribution is -2.42. The van der Waals surface area contributed by atoms with Gasteiger partial charge >= 0.3 is 0 Å². The number of sulfonamides is 1. The molecule has 2 unspecified atom stereocenters. The Hall–Kier alpha value is -2.58. The molecule has 1 fully saturated rings. The van der Waals surface area contributed by atoms with E-state index in [0.717, 1.165) is 17.7 Å². The van der Waals surface area contributed by atoms with Crippen LogP contribution in [0.3, 0.4) is 0 Å². The minimum atomic E-state index is -3.53. The van der Waals surface area contributed by atoms with E-state index >= 15 is 0 Å². The second-order valence-electron chi connectivity index (χ2n) is 8.53. The molecule has 166 valence electrons. The SMILES string of the molecule is CC1CC(C)CN(S(=O)(=O)c2ccc(NC(=O)CCc3ccc4c(c3)OCO4)cc2)C1. The Balaban J connectivity index is 1.34. The molecule has 1 amide bonds. The Labute approximate surface area is 183 Å². The molecule has 0 bridgehead atoms. The van der Waals surface area contributed by atoms with Gasteiger partial charge in [0.25, 0.3) is 0 Å². The number of nitrogens with zero attached hydrogens (tertiary/aromatic N) is 1. The Morgan fingerprint density at radius 1 is 1.03 bits per heavy atom. The molecule has 0 aliphatic carbocycles. The molecule has 8 heteroatoms. The smallest absolute Gasteiger partial charge is 0.243 e. The largest absolute Gasteiger partial charge is 0.454 e. The van der Waals surface area contributed by atoms with Crippen LogP contribution in [0.25, 0.3) is 0 Å². The fraction of sp³-hybridized carbons (Fsp3) is 0.435. The minimum Gasteiger partial charge on any atom is -0.454 e. The predicted molar refractivity (Wildman–Crippen MR) is 118 cm³/mol. The van der Waals surface area contributed by atoms with Crippen LogP contribution in [0.2, 0.25) is 0 Å². The normalized spacial score (nSPS) is 21.1. The number of benzene rings is 2. The van der Waals surface area contributed by atoms with Crippen molar-refractivity contribution in [2.24, 2.45) is 11.8 Å². The number of hydrogen-bond donors (Lipinski definition) is 1. The van der Waals surface area contributed by atoms with Crippen LogP contribution in [0.1, 0.15) is 32.3 Å². The van der Waals surface area contributed by atoms with Crippen molar-refractivity contribution >= 4 is 21.6 Å². The number of piperidine rings is 1. The van der Waals surface area contributed by atoms with Crippen molar-refractivity contribution in [3.05, 3.63) is 48.0 Å². The highest BCUT2D eigenvalue weighted by Gasteiger charge is 2.31. The van der Waals surface area contributed by atoms with Gasteiger partial charge < -0.3 is 14.8 Å². The van der Waals surface area contributed by atoms with Crippen molar-refractivity contribution in [2.45, 2.75) is 38.0 Å². The molecule has 2 aliphatic heterocycles. The minimum absolute atomic E-state index is 0.132. The van der Waals surface area contributed by atoms with Gasteiger partial charge in [-0.2, -0.15) is 4.31 Å². The van der Waals surface area contributed by atoms with E-state index in [-0.39, 0.29) is 17.6 Å². The van der Waals surface area contributed by atoms with Gasteiger partial charge in [0.05, 0.1) is 4.90 Å². The molecular weight excluding hydrogens is 416 g/mol. The van der Waals surface area contributed by atoms with Crippen molar-refractivity contribution in [3.8, 4) is 11.5 Å². The first-order valence-electron chi connectivity index (χ1n) is 10.6. The maximum Gasteiger partial charge on any atom is 0.243 e. The first-order chi connectivity index (χ1) is 14.8. The molecule has 0 saturated carbocycles. The Bertz CT molecular complexity index is 1040. The van der Waals surface area contributed by atoms with Crippen molar-refractivity contribution in [2.75, 3.05) is 25.2 Å². The summed E-state index contributed by atoms with van der Waals surface area (Å²) in [6.07, 6.45) is 1.92. The van der Waals surface area contributed by atoms with Crippen LogP contribution >= 0.6 is 0 Å². The van der Waals surface area contributed by atoms with E-state index in [1.807, 2.05) is 18.2 Å². The van der Waals surface area contributed by atoms with Crippen LogP contribution in [-0.2, 0) is 21.2 Å². The number of carbonyl (C=O) groups excluding carboxylic acids is 1. The maximum absolute atomic E-state index is 13.0. The third-order valence-corrected chi connectivity index (χ3v) is 7.53. The fourth-order valence-electron chi connectivity index (χ4n) is 4.24. The lowest BCUT2D eigenvalue weighted by atomic mass is 9.94. The summed E-state index contributed by atoms with van der Waals surface area (Å²) < 4.78 is 38.2. The molecule has 0 aromatic heterocycles. The number of rotatable bonds is 6. The molecule has 31 heavy (non-hydrogen) atoms. The average Bonchev–Trinajstić information content (AvgIpc) is 3.20. The summed E-state index contributed by atoms with van der Waals surface area (Å²) >= 11 is 0. The fourth-order valence-corrected chi connectivity index (χ4v) is 5.92. The van der Waals surface area contributed by atoms with Gasteiger partial charge in [-0.15, -0.1) is 0 Å². The van der Waals surface area contributed by atoms with Gasteiger partial charge in [-0.05, 0) is 66.6 Å². The molecule has 4 rings (SSSR count). The molecule has 0 radical (unpaired) electrons. The molecule has 1 saturated heterocycles. The third kappa shape index (κ3) is 5.02.